The molecule has 4 aromatic rings. The van der Waals surface area contributed by atoms with E-state index in [9.17, 15) is 27.2 Å². The van der Waals surface area contributed by atoms with Crippen LogP contribution in [-0.4, -0.2) is 29.5 Å². The average molecular weight is 493 g/mol. The molecule has 32 heavy (non-hydrogen) atoms. The third-order valence-corrected chi connectivity index (χ3v) is 8.17. The molecule has 0 saturated heterocycles. The number of H-pyrrole nitrogens is 1. The van der Waals surface area contributed by atoms with Crippen molar-refractivity contribution in [2.45, 2.75) is 11.1 Å². The van der Waals surface area contributed by atoms with Crippen LogP contribution in [0.3, 0.4) is 0 Å². The third kappa shape index (κ3) is 4.04. The lowest BCUT2D eigenvalue weighted by Gasteiger charge is -2.09. The Hall–Kier alpha value is -3.08. The zero-order valence-electron chi connectivity index (χ0n) is 16.4. The number of nitrogens with one attached hydrogen (secondary N) is 1. The molecular formula is C21H14ClFN2O5S2. The van der Waals surface area contributed by atoms with Crippen molar-refractivity contribution in [3.05, 3.63) is 90.6 Å². The van der Waals surface area contributed by atoms with Gasteiger partial charge in [0.15, 0.2) is 15.6 Å². The highest BCUT2D eigenvalue weighted by molar-refractivity contribution is 7.94. The number of ketones is 1. The van der Waals surface area contributed by atoms with Crippen LogP contribution >= 0.6 is 22.9 Å². The molecule has 4 rings (SSSR count). The van der Waals surface area contributed by atoms with Crippen molar-refractivity contribution >= 4 is 49.5 Å². The minimum absolute atomic E-state index is 0.0718. The first-order chi connectivity index (χ1) is 15.1. The minimum Gasteiger partial charge on any atom is -0.306 e. The van der Waals surface area contributed by atoms with Gasteiger partial charge in [-0.2, -0.15) is 0 Å². The van der Waals surface area contributed by atoms with Gasteiger partial charge in [-0.3, -0.25) is 9.59 Å². The SMILES string of the molecule is Cc1ccc2c(=O)n(-c3ccc(C(=O)CS(=O)(=O)c4ccc(Cl)s4)cc3F)c(=O)[nH]c2c1. The lowest BCUT2D eigenvalue weighted by molar-refractivity contribution is 0.102. The Morgan fingerprint density at radius 3 is 2.53 bits per heavy atom. The van der Waals surface area contributed by atoms with Gasteiger partial charge in [-0.15, -0.1) is 11.3 Å². The van der Waals surface area contributed by atoms with Crippen LogP contribution in [0.4, 0.5) is 4.39 Å². The third-order valence-electron chi connectivity index (χ3n) is 4.74. The van der Waals surface area contributed by atoms with E-state index in [1.807, 2.05) is 0 Å². The van der Waals surface area contributed by atoms with E-state index in [1.54, 1.807) is 19.1 Å². The van der Waals surface area contributed by atoms with Crippen LogP contribution in [0, 0.1) is 12.7 Å². The molecule has 1 N–H and O–H groups in total. The maximum atomic E-state index is 14.8. The van der Waals surface area contributed by atoms with Crippen LogP contribution in [0.5, 0.6) is 0 Å². The summed E-state index contributed by atoms with van der Waals surface area (Å²) in [5.41, 5.74) is -0.981. The van der Waals surface area contributed by atoms with Crippen molar-refractivity contribution in [3.63, 3.8) is 0 Å². The molecule has 2 heterocycles. The summed E-state index contributed by atoms with van der Waals surface area (Å²) >= 11 is 6.56. The number of hydrogen-bond acceptors (Lipinski definition) is 6. The van der Waals surface area contributed by atoms with E-state index >= 15 is 0 Å². The van der Waals surface area contributed by atoms with E-state index < -0.39 is 38.4 Å². The van der Waals surface area contributed by atoms with E-state index in [2.05, 4.69) is 4.98 Å². The van der Waals surface area contributed by atoms with Crippen LogP contribution in [0.2, 0.25) is 4.34 Å². The average Bonchev–Trinajstić information content (AvgIpc) is 3.16. The summed E-state index contributed by atoms with van der Waals surface area (Å²) in [7, 11) is -3.95. The van der Waals surface area contributed by atoms with Crippen LogP contribution in [0.1, 0.15) is 15.9 Å². The number of halogens is 2. The molecule has 0 radical (unpaired) electrons. The molecule has 0 atom stereocenters. The van der Waals surface area contributed by atoms with Crippen LogP contribution in [0.15, 0.2) is 62.3 Å². The first kappa shape index (κ1) is 22.1. The molecule has 7 nitrogen and oxygen atoms in total. The van der Waals surface area contributed by atoms with Crippen molar-refractivity contribution in [3.8, 4) is 5.69 Å². The molecule has 0 unspecified atom stereocenters. The van der Waals surface area contributed by atoms with E-state index in [4.69, 9.17) is 11.6 Å². The number of thiophene rings is 1. The van der Waals surface area contributed by atoms with Gasteiger partial charge in [-0.05, 0) is 55.0 Å². The molecule has 164 valence electrons. The Morgan fingerprint density at radius 1 is 1.12 bits per heavy atom. The van der Waals surface area contributed by atoms with Gasteiger partial charge in [0.1, 0.15) is 15.8 Å². The fraction of sp³-hybridized carbons (Fsp3) is 0.0952. The Morgan fingerprint density at radius 2 is 1.88 bits per heavy atom. The Kier molecular flexibility index (Phi) is 5.61. The summed E-state index contributed by atoms with van der Waals surface area (Å²) in [5, 5.41) is 0.190. The van der Waals surface area contributed by atoms with Crippen molar-refractivity contribution in [2.24, 2.45) is 0 Å². The lowest BCUT2D eigenvalue weighted by Crippen LogP contribution is -2.34. The number of aryl methyl sites for hydroxylation is 1. The van der Waals surface area contributed by atoms with Crippen LogP contribution in [-0.2, 0) is 9.84 Å². The minimum atomic E-state index is -3.95. The zero-order valence-corrected chi connectivity index (χ0v) is 18.8. The van der Waals surface area contributed by atoms with Gasteiger partial charge in [-0.1, -0.05) is 17.7 Å². The number of Topliss-reactive ketones (excluding diaryl/α,β-unsaturated/α-hetero) is 1. The van der Waals surface area contributed by atoms with Crippen molar-refractivity contribution in [2.75, 3.05) is 5.75 Å². The molecule has 0 amide bonds. The standard InChI is InChI=1S/C21H14ClFN2O5S2/c1-11-2-4-13-15(8-11)24-21(28)25(20(13)27)16-5-3-12(9-14(16)23)17(26)10-32(29,30)19-7-6-18(22)31-19/h2-9H,10H2,1H3,(H,24,28). The Bertz CT molecular complexity index is 1620. The van der Waals surface area contributed by atoms with Gasteiger partial charge in [0.05, 0.1) is 20.9 Å². The highest BCUT2D eigenvalue weighted by atomic mass is 35.5. The number of rotatable bonds is 5. The van der Waals surface area contributed by atoms with E-state index in [-0.39, 0.29) is 25.2 Å². The van der Waals surface area contributed by atoms with Gasteiger partial charge in [0.2, 0.25) is 0 Å². The van der Waals surface area contributed by atoms with E-state index in [1.165, 1.54) is 24.3 Å². The van der Waals surface area contributed by atoms with Crippen LogP contribution in [0.25, 0.3) is 16.6 Å². The fourth-order valence-electron chi connectivity index (χ4n) is 3.20. The van der Waals surface area contributed by atoms with Crippen LogP contribution < -0.4 is 11.2 Å². The van der Waals surface area contributed by atoms with Crippen molar-refractivity contribution in [1.29, 1.82) is 0 Å². The quantitative estimate of drug-likeness (QED) is 0.429. The number of hydrogen-bond donors (Lipinski definition) is 1. The first-order valence-electron chi connectivity index (χ1n) is 9.14. The van der Waals surface area contributed by atoms with Gasteiger partial charge >= 0.3 is 5.69 Å². The zero-order chi connectivity index (χ0) is 23.2. The molecule has 0 aliphatic heterocycles. The number of carbonyl (C=O) groups excluding carboxylic acids is 1. The Labute approximate surface area is 189 Å². The lowest BCUT2D eigenvalue weighted by atomic mass is 10.1. The molecule has 0 aliphatic rings. The molecule has 0 bridgehead atoms. The number of benzene rings is 2. The molecule has 2 aromatic heterocycles. The van der Waals surface area contributed by atoms with Gasteiger partial charge in [0, 0.05) is 5.56 Å². The molecule has 0 aliphatic carbocycles. The maximum absolute atomic E-state index is 14.8. The number of carbonyl (C=O) groups is 1. The largest absolute Gasteiger partial charge is 0.333 e. The normalized spacial score (nSPS) is 11.7. The summed E-state index contributed by atoms with van der Waals surface area (Å²) < 4.78 is 40.4. The number of aromatic amines is 1. The monoisotopic (exact) mass is 492 g/mol. The van der Waals surface area contributed by atoms with Crippen molar-refractivity contribution < 1.29 is 17.6 Å². The summed E-state index contributed by atoms with van der Waals surface area (Å²) in [6.07, 6.45) is 0. The predicted octanol–water partition coefficient (Wildman–Crippen LogP) is 3.50. The molecule has 2 aromatic carbocycles. The topological polar surface area (TPSA) is 106 Å². The number of sulfone groups is 1. The second kappa shape index (κ2) is 8.12. The summed E-state index contributed by atoms with van der Waals surface area (Å²) in [6, 6.07) is 10.6. The van der Waals surface area contributed by atoms with E-state index in [0.29, 0.717) is 10.1 Å². The number of nitrogens with zero attached hydrogens (tertiary/aromatic N) is 1. The highest BCUT2D eigenvalue weighted by Crippen LogP contribution is 2.27. The fourth-order valence-corrected chi connectivity index (χ4v) is 6.00. The van der Waals surface area contributed by atoms with Gasteiger partial charge in [0.25, 0.3) is 5.56 Å². The molecule has 0 fully saturated rings. The molecular weight excluding hydrogens is 479 g/mol. The number of aromatic nitrogens is 2. The van der Waals surface area contributed by atoms with Gasteiger partial charge < -0.3 is 4.98 Å². The van der Waals surface area contributed by atoms with Gasteiger partial charge in [-0.25, -0.2) is 22.2 Å². The Balaban J connectivity index is 1.72. The second-order valence-electron chi connectivity index (χ2n) is 7.03. The summed E-state index contributed by atoms with van der Waals surface area (Å²) in [4.78, 5) is 40.3. The van der Waals surface area contributed by atoms with E-state index in [0.717, 1.165) is 29.0 Å². The number of fused-ring (bicyclic) bond motifs is 1. The smallest absolute Gasteiger partial charge is 0.306 e. The maximum Gasteiger partial charge on any atom is 0.333 e. The summed E-state index contributed by atoms with van der Waals surface area (Å²) in [5.74, 6) is -2.74. The molecule has 11 heteroatoms. The first-order valence-corrected chi connectivity index (χ1v) is 12.0. The predicted molar refractivity (Wildman–Crippen MR) is 121 cm³/mol. The highest BCUT2D eigenvalue weighted by Gasteiger charge is 2.23. The molecule has 0 spiro atoms. The second-order valence-corrected chi connectivity index (χ2v) is 11.0. The molecule has 0 saturated carbocycles. The summed E-state index contributed by atoms with van der Waals surface area (Å²) in [6.45, 7) is 1.80. The van der Waals surface area contributed by atoms with Crippen molar-refractivity contribution in [1.82, 2.24) is 9.55 Å².